The van der Waals surface area contributed by atoms with Crippen LogP contribution in [0, 0.1) is 0 Å². The Balaban J connectivity index is 1.91. The minimum atomic E-state index is -1.35. The summed E-state index contributed by atoms with van der Waals surface area (Å²) in [5, 5.41) is 14.4. The van der Waals surface area contributed by atoms with Gasteiger partial charge in [-0.15, -0.1) is 0 Å². The van der Waals surface area contributed by atoms with Crippen LogP contribution in [0.15, 0.2) is 66.9 Å². The van der Waals surface area contributed by atoms with Gasteiger partial charge < -0.3 is 40.8 Å². The first kappa shape index (κ1) is 42.0. The molecule has 5 amide bonds. The molecule has 5 N–H and O–H groups in total. The third kappa shape index (κ3) is 16.2. The van der Waals surface area contributed by atoms with Crippen molar-refractivity contribution in [3.05, 3.63) is 72.4 Å². The van der Waals surface area contributed by atoms with Gasteiger partial charge in [0.2, 0.25) is 11.8 Å². The molecule has 0 aliphatic heterocycles. The molecule has 53 heavy (non-hydrogen) atoms. The lowest BCUT2D eigenvalue weighted by atomic mass is 10.0. The topological polar surface area (TPSA) is 186 Å². The van der Waals surface area contributed by atoms with Crippen LogP contribution in [0.3, 0.4) is 0 Å². The molecule has 1 heterocycles. The molecule has 14 heteroatoms. The maximum atomic E-state index is 14.1. The van der Waals surface area contributed by atoms with Gasteiger partial charge in [-0.05, 0) is 99.3 Å². The largest absolute Gasteiger partial charge is 0.444 e. The first-order valence-electron chi connectivity index (χ1n) is 17.6. The lowest BCUT2D eigenvalue weighted by molar-refractivity contribution is -0.128. The highest BCUT2D eigenvalue weighted by Gasteiger charge is 2.32. The van der Waals surface area contributed by atoms with Crippen LogP contribution in [-0.2, 0) is 30.2 Å². The van der Waals surface area contributed by atoms with E-state index in [1.54, 1.807) is 68.4 Å². The van der Waals surface area contributed by atoms with Crippen molar-refractivity contribution >= 4 is 46.7 Å². The van der Waals surface area contributed by atoms with E-state index in [2.05, 4.69) is 31.6 Å². The van der Waals surface area contributed by atoms with Crippen LogP contribution in [-0.4, -0.2) is 76.6 Å². The summed E-state index contributed by atoms with van der Waals surface area (Å²) in [4.78, 5) is 70.9. The van der Waals surface area contributed by atoms with E-state index in [0.717, 1.165) is 16.5 Å². The second kappa shape index (κ2) is 18.4. The molecule has 1 aromatic heterocycles. The number of hydrogen-bond donors (Lipinski definition) is 5. The predicted octanol–water partition coefficient (Wildman–Crippen LogP) is 5.99. The quantitative estimate of drug-likeness (QED) is 0.132. The Bertz CT molecular complexity index is 1710. The number of alkyl carbamates (subject to hydrolysis) is 3. The zero-order valence-electron chi connectivity index (χ0n) is 32.1. The molecule has 1 unspecified atom stereocenters. The van der Waals surface area contributed by atoms with Gasteiger partial charge in [0.15, 0.2) is 0 Å². The van der Waals surface area contributed by atoms with Crippen molar-refractivity contribution in [2.24, 2.45) is 0 Å². The summed E-state index contributed by atoms with van der Waals surface area (Å²) in [7, 11) is 0. The van der Waals surface area contributed by atoms with E-state index in [4.69, 9.17) is 14.2 Å². The highest BCUT2D eigenvalue weighted by molar-refractivity contribution is 5.99. The summed E-state index contributed by atoms with van der Waals surface area (Å²) >= 11 is 0. The van der Waals surface area contributed by atoms with Crippen LogP contribution in [0.25, 0.3) is 10.9 Å². The summed E-state index contributed by atoms with van der Waals surface area (Å²) in [6.07, 6.45) is -0.510. The van der Waals surface area contributed by atoms with Gasteiger partial charge >= 0.3 is 18.3 Å². The number of carbonyl (C=O) groups excluding carboxylic acids is 5. The number of nitrogens with one attached hydrogen (secondary N) is 5. The molecule has 0 bridgehead atoms. The Morgan fingerprint density at radius 2 is 1.23 bits per heavy atom. The Kier molecular flexibility index (Phi) is 14.6. The first-order chi connectivity index (χ1) is 24.7. The van der Waals surface area contributed by atoms with Crippen molar-refractivity contribution in [3.63, 3.8) is 0 Å². The lowest BCUT2D eigenvalue weighted by Crippen LogP contribution is -2.56. The molecule has 0 aliphatic carbocycles. The molecular formula is C39H54N6O8. The summed E-state index contributed by atoms with van der Waals surface area (Å²) in [6, 6.07) is 15.4. The number of ether oxygens (including phenoxy) is 3. The fourth-order valence-corrected chi connectivity index (χ4v) is 5.02. The minimum Gasteiger partial charge on any atom is -0.444 e. The third-order valence-electron chi connectivity index (χ3n) is 7.20. The molecule has 0 saturated carbocycles. The van der Waals surface area contributed by atoms with Gasteiger partial charge in [0, 0.05) is 11.9 Å². The van der Waals surface area contributed by atoms with Crippen LogP contribution < -0.4 is 26.6 Å². The van der Waals surface area contributed by atoms with E-state index < -0.39 is 65.0 Å². The first-order valence-corrected chi connectivity index (χ1v) is 17.6. The molecule has 14 nitrogen and oxygen atoms in total. The lowest BCUT2D eigenvalue weighted by Gasteiger charge is -2.29. The number of anilines is 1. The number of rotatable bonds is 13. The molecule has 0 saturated heterocycles. The highest BCUT2D eigenvalue weighted by Crippen LogP contribution is 2.18. The summed E-state index contributed by atoms with van der Waals surface area (Å²) in [5.41, 5.74) is -0.401. The Hall–Kier alpha value is -5.40. The molecule has 0 radical (unpaired) electrons. The minimum absolute atomic E-state index is 0.194. The zero-order chi connectivity index (χ0) is 39.4. The number of aromatic nitrogens is 1. The van der Waals surface area contributed by atoms with Crippen LogP contribution in [0.2, 0.25) is 0 Å². The number of nitrogens with zero attached hydrogens (tertiary/aromatic N) is 1. The van der Waals surface area contributed by atoms with E-state index >= 15 is 0 Å². The number of benzene rings is 2. The average molecular weight is 735 g/mol. The van der Waals surface area contributed by atoms with Crippen LogP contribution in [0.4, 0.5) is 20.1 Å². The smallest absolute Gasteiger partial charge is 0.408 e. The van der Waals surface area contributed by atoms with Gasteiger partial charge in [0.1, 0.15) is 28.9 Å². The van der Waals surface area contributed by atoms with Crippen molar-refractivity contribution in [2.75, 3.05) is 11.9 Å². The van der Waals surface area contributed by atoms with Crippen LogP contribution >= 0.6 is 0 Å². The Labute approximate surface area is 311 Å². The van der Waals surface area contributed by atoms with Crippen molar-refractivity contribution < 1.29 is 38.2 Å². The van der Waals surface area contributed by atoms with Crippen LogP contribution in [0.1, 0.15) is 80.7 Å². The molecule has 0 fully saturated rings. The molecule has 3 rings (SSSR count). The van der Waals surface area contributed by atoms with Gasteiger partial charge in [-0.1, -0.05) is 48.5 Å². The van der Waals surface area contributed by atoms with Gasteiger partial charge in [-0.25, -0.2) is 14.4 Å². The number of pyridine rings is 1. The van der Waals surface area contributed by atoms with E-state index in [1.165, 1.54) is 6.20 Å². The molecule has 0 spiro atoms. The molecule has 288 valence electrons. The van der Waals surface area contributed by atoms with Gasteiger partial charge in [-0.2, -0.15) is 0 Å². The molecule has 0 aliphatic rings. The van der Waals surface area contributed by atoms with Crippen molar-refractivity contribution in [2.45, 2.75) is 117 Å². The zero-order valence-corrected chi connectivity index (χ0v) is 32.1. The van der Waals surface area contributed by atoms with Gasteiger partial charge in [0.25, 0.3) is 0 Å². The summed E-state index contributed by atoms with van der Waals surface area (Å²) < 4.78 is 16.2. The summed E-state index contributed by atoms with van der Waals surface area (Å²) in [5.74, 6) is -1.23. The molecular weight excluding hydrogens is 680 g/mol. The number of hydrogen-bond acceptors (Lipinski definition) is 9. The van der Waals surface area contributed by atoms with Crippen molar-refractivity contribution in [3.8, 4) is 0 Å². The standard InChI is InChI=1S/C39H54N6O8/c1-37(2,3)51-34(48)41-24-28(43-35(49)52-38(4,5)6)22-31(45-36(50)53-39(7,8)9)33(47)44-30(20-19-25-15-11-10-12-16-25)32(46)42-27-21-26-17-13-14-18-29(26)40-23-27/h10-18,21,23,28,30-31H,19-20,22,24H2,1-9H3,(H,41,48)(H,42,46)(H,43,49)(H,44,47)(H,45,50)/t28?,30-,31+/m1/s1. The van der Waals surface area contributed by atoms with Crippen molar-refractivity contribution in [1.29, 1.82) is 0 Å². The predicted molar refractivity (Wildman–Crippen MR) is 202 cm³/mol. The number of fused-ring (bicyclic) bond motifs is 1. The molecule has 2 aromatic carbocycles. The third-order valence-corrected chi connectivity index (χ3v) is 7.20. The van der Waals surface area contributed by atoms with Gasteiger partial charge in [-0.3, -0.25) is 14.6 Å². The van der Waals surface area contributed by atoms with Crippen LogP contribution in [0.5, 0.6) is 0 Å². The average Bonchev–Trinajstić information content (AvgIpc) is 3.03. The SMILES string of the molecule is CC(C)(C)OC(=O)NCC(C[C@H](NC(=O)OC(C)(C)C)C(=O)N[C@H](CCc1ccccc1)C(=O)Nc1cnc2ccccc2c1)NC(=O)OC(C)(C)C. The van der Waals surface area contributed by atoms with E-state index in [0.29, 0.717) is 12.1 Å². The molecule has 3 aromatic rings. The van der Waals surface area contributed by atoms with E-state index in [9.17, 15) is 24.0 Å². The summed E-state index contributed by atoms with van der Waals surface area (Å²) in [6.45, 7) is 15.0. The fourth-order valence-electron chi connectivity index (χ4n) is 5.02. The molecule has 3 atom stereocenters. The Morgan fingerprint density at radius 3 is 1.85 bits per heavy atom. The van der Waals surface area contributed by atoms with Gasteiger partial charge in [0.05, 0.1) is 23.4 Å². The second-order valence-electron chi connectivity index (χ2n) is 15.7. The van der Waals surface area contributed by atoms with E-state index in [1.807, 2.05) is 54.6 Å². The Morgan fingerprint density at radius 1 is 0.660 bits per heavy atom. The number of para-hydroxylation sites is 1. The van der Waals surface area contributed by atoms with Crippen molar-refractivity contribution in [1.82, 2.24) is 26.3 Å². The monoisotopic (exact) mass is 734 g/mol. The highest BCUT2D eigenvalue weighted by atomic mass is 16.6. The number of carbonyl (C=O) groups is 5. The second-order valence-corrected chi connectivity index (χ2v) is 15.7. The number of aryl methyl sites for hydroxylation is 1. The number of amides is 5. The maximum absolute atomic E-state index is 14.1. The van der Waals surface area contributed by atoms with E-state index in [-0.39, 0.29) is 19.4 Å². The maximum Gasteiger partial charge on any atom is 0.408 e. The fraction of sp³-hybridized carbons (Fsp3) is 0.487. The normalized spacial score (nSPS) is 13.5.